The lowest BCUT2D eigenvalue weighted by Gasteiger charge is -2.26. The van der Waals surface area contributed by atoms with Gasteiger partial charge in [0.15, 0.2) is 5.75 Å². The first-order valence-electron chi connectivity index (χ1n) is 5.99. The van der Waals surface area contributed by atoms with Gasteiger partial charge >= 0.3 is 0 Å². The smallest absolute Gasteiger partial charge is 0.272 e. The van der Waals surface area contributed by atoms with Crippen LogP contribution in [-0.4, -0.2) is 48.7 Å². The Morgan fingerprint density at radius 3 is 2.89 bits per heavy atom. The van der Waals surface area contributed by atoms with Crippen LogP contribution in [-0.2, 0) is 4.74 Å². The molecule has 1 amide bonds. The van der Waals surface area contributed by atoms with E-state index < -0.39 is 0 Å². The third-order valence-electron chi connectivity index (χ3n) is 2.69. The molecule has 0 spiro atoms. The first-order chi connectivity index (χ1) is 9.22. The molecular formula is C13H15BrN2O3. The molecule has 2 rings (SSSR count). The third kappa shape index (κ3) is 3.54. The molecule has 0 unspecified atom stereocenters. The second kappa shape index (κ2) is 6.68. The monoisotopic (exact) mass is 326 g/mol. The van der Waals surface area contributed by atoms with E-state index >= 15 is 0 Å². The van der Waals surface area contributed by atoms with Crippen molar-refractivity contribution < 1.29 is 14.3 Å². The SMILES string of the molecule is C=CCOc1ccc(C(=O)N2CCOCC2)nc1Br. The van der Waals surface area contributed by atoms with Crippen LogP contribution in [0.5, 0.6) is 5.75 Å². The van der Waals surface area contributed by atoms with Crippen molar-refractivity contribution in [3.63, 3.8) is 0 Å². The van der Waals surface area contributed by atoms with E-state index in [4.69, 9.17) is 9.47 Å². The molecule has 0 aromatic carbocycles. The largest absolute Gasteiger partial charge is 0.487 e. The van der Waals surface area contributed by atoms with Crippen molar-refractivity contribution in [2.75, 3.05) is 32.9 Å². The molecular weight excluding hydrogens is 312 g/mol. The van der Waals surface area contributed by atoms with Crippen LogP contribution in [0.1, 0.15) is 10.5 Å². The molecule has 1 aromatic heterocycles. The third-order valence-corrected chi connectivity index (χ3v) is 3.26. The molecule has 0 saturated carbocycles. The van der Waals surface area contributed by atoms with Crippen molar-refractivity contribution in [2.24, 2.45) is 0 Å². The van der Waals surface area contributed by atoms with Crippen molar-refractivity contribution in [2.45, 2.75) is 0 Å². The summed E-state index contributed by atoms with van der Waals surface area (Å²) in [7, 11) is 0. The number of ether oxygens (including phenoxy) is 2. The molecule has 1 saturated heterocycles. The van der Waals surface area contributed by atoms with E-state index in [1.807, 2.05) is 0 Å². The summed E-state index contributed by atoms with van der Waals surface area (Å²) in [4.78, 5) is 18.2. The quantitative estimate of drug-likeness (QED) is 0.626. The highest BCUT2D eigenvalue weighted by Gasteiger charge is 2.20. The highest BCUT2D eigenvalue weighted by Crippen LogP contribution is 2.23. The van der Waals surface area contributed by atoms with Gasteiger partial charge in [0.2, 0.25) is 0 Å². The number of nitrogens with zero attached hydrogens (tertiary/aromatic N) is 2. The molecule has 1 aliphatic heterocycles. The van der Waals surface area contributed by atoms with Crippen molar-refractivity contribution >= 4 is 21.8 Å². The zero-order chi connectivity index (χ0) is 13.7. The number of hydrogen-bond donors (Lipinski definition) is 0. The maximum atomic E-state index is 12.2. The van der Waals surface area contributed by atoms with Crippen molar-refractivity contribution in [3.05, 3.63) is 35.1 Å². The summed E-state index contributed by atoms with van der Waals surface area (Å²) in [5.41, 5.74) is 0.403. The summed E-state index contributed by atoms with van der Waals surface area (Å²) < 4.78 is 11.1. The zero-order valence-electron chi connectivity index (χ0n) is 10.5. The fourth-order valence-corrected chi connectivity index (χ4v) is 2.16. The Labute approximate surface area is 120 Å². The molecule has 0 N–H and O–H groups in total. The van der Waals surface area contributed by atoms with E-state index in [-0.39, 0.29) is 5.91 Å². The fourth-order valence-electron chi connectivity index (χ4n) is 1.73. The van der Waals surface area contributed by atoms with E-state index in [1.165, 1.54) is 0 Å². The van der Waals surface area contributed by atoms with Crippen LogP contribution >= 0.6 is 15.9 Å². The Bertz CT molecular complexity index is 473. The molecule has 1 fully saturated rings. The van der Waals surface area contributed by atoms with Gasteiger partial charge in [0, 0.05) is 13.1 Å². The maximum Gasteiger partial charge on any atom is 0.272 e. The van der Waals surface area contributed by atoms with Crippen molar-refractivity contribution in [1.29, 1.82) is 0 Å². The molecule has 0 atom stereocenters. The van der Waals surface area contributed by atoms with Gasteiger partial charge < -0.3 is 14.4 Å². The minimum Gasteiger partial charge on any atom is -0.487 e. The van der Waals surface area contributed by atoms with E-state index in [1.54, 1.807) is 23.1 Å². The number of amides is 1. The Balaban J connectivity index is 2.09. The lowest BCUT2D eigenvalue weighted by atomic mass is 10.3. The van der Waals surface area contributed by atoms with Gasteiger partial charge in [0.25, 0.3) is 5.91 Å². The topological polar surface area (TPSA) is 51.7 Å². The summed E-state index contributed by atoms with van der Waals surface area (Å²) >= 11 is 3.30. The van der Waals surface area contributed by atoms with Gasteiger partial charge in [-0.1, -0.05) is 12.7 Å². The minimum atomic E-state index is -0.0840. The van der Waals surface area contributed by atoms with Crippen LogP contribution in [0.15, 0.2) is 29.4 Å². The summed E-state index contributed by atoms with van der Waals surface area (Å²) in [6.45, 7) is 6.34. The molecule has 2 heterocycles. The summed E-state index contributed by atoms with van der Waals surface area (Å²) in [5.74, 6) is 0.512. The van der Waals surface area contributed by atoms with Crippen LogP contribution in [0.3, 0.4) is 0 Å². The molecule has 19 heavy (non-hydrogen) atoms. The Morgan fingerprint density at radius 2 is 2.26 bits per heavy atom. The normalized spacial score (nSPS) is 15.1. The van der Waals surface area contributed by atoms with Gasteiger partial charge in [-0.15, -0.1) is 0 Å². The molecule has 1 aromatic rings. The first kappa shape index (κ1) is 14.0. The second-order valence-corrected chi connectivity index (χ2v) is 4.74. The van der Waals surface area contributed by atoms with Crippen LogP contribution < -0.4 is 4.74 Å². The second-order valence-electron chi connectivity index (χ2n) is 3.99. The predicted molar refractivity (Wildman–Crippen MR) is 74.4 cm³/mol. The standard InChI is InChI=1S/C13H15BrN2O3/c1-2-7-19-11-4-3-10(15-12(11)14)13(17)16-5-8-18-9-6-16/h2-4H,1,5-9H2. The lowest BCUT2D eigenvalue weighted by Crippen LogP contribution is -2.41. The lowest BCUT2D eigenvalue weighted by molar-refractivity contribution is 0.0299. The fraction of sp³-hybridized carbons (Fsp3) is 0.385. The highest BCUT2D eigenvalue weighted by molar-refractivity contribution is 9.10. The van der Waals surface area contributed by atoms with Gasteiger partial charge in [0.1, 0.15) is 16.9 Å². The predicted octanol–water partition coefficient (Wildman–Crippen LogP) is 1.88. The molecule has 1 aliphatic rings. The van der Waals surface area contributed by atoms with E-state index in [2.05, 4.69) is 27.5 Å². The Kier molecular flexibility index (Phi) is 4.93. The number of hydrogen-bond acceptors (Lipinski definition) is 4. The average molecular weight is 327 g/mol. The molecule has 6 heteroatoms. The van der Waals surface area contributed by atoms with Crippen LogP contribution in [0, 0.1) is 0 Å². The molecule has 0 radical (unpaired) electrons. The minimum absolute atomic E-state index is 0.0840. The van der Waals surface area contributed by atoms with Gasteiger partial charge in [0.05, 0.1) is 13.2 Å². The summed E-state index contributed by atoms with van der Waals surface area (Å²) in [5, 5.41) is 0. The van der Waals surface area contributed by atoms with Gasteiger partial charge in [-0.2, -0.15) is 0 Å². The van der Waals surface area contributed by atoms with Gasteiger partial charge in [-0.05, 0) is 28.1 Å². The first-order valence-corrected chi connectivity index (χ1v) is 6.79. The molecule has 5 nitrogen and oxygen atoms in total. The van der Waals surface area contributed by atoms with Crippen molar-refractivity contribution in [3.8, 4) is 5.75 Å². The summed E-state index contributed by atoms with van der Waals surface area (Å²) in [6.07, 6.45) is 1.65. The average Bonchev–Trinajstić information content (AvgIpc) is 2.46. The van der Waals surface area contributed by atoms with E-state index in [9.17, 15) is 4.79 Å². The van der Waals surface area contributed by atoms with Gasteiger partial charge in [-0.3, -0.25) is 4.79 Å². The molecule has 102 valence electrons. The van der Waals surface area contributed by atoms with E-state index in [0.29, 0.717) is 49.0 Å². The van der Waals surface area contributed by atoms with E-state index in [0.717, 1.165) is 0 Å². The number of halogens is 1. The number of carbonyl (C=O) groups excluding carboxylic acids is 1. The Hall–Kier alpha value is -1.40. The maximum absolute atomic E-state index is 12.2. The number of aromatic nitrogens is 1. The number of morpholine rings is 1. The van der Waals surface area contributed by atoms with Crippen LogP contribution in [0.4, 0.5) is 0 Å². The number of rotatable bonds is 4. The number of pyridine rings is 1. The van der Waals surface area contributed by atoms with Crippen molar-refractivity contribution in [1.82, 2.24) is 9.88 Å². The highest BCUT2D eigenvalue weighted by atomic mass is 79.9. The molecule has 0 aliphatic carbocycles. The molecule has 0 bridgehead atoms. The zero-order valence-corrected chi connectivity index (χ0v) is 12.1. The van der Waals surface area contributed by atoms with Gasteiger partial charge in [-0.25, -0.2) is 4.98 Å². The Morgan fingerprint density at radius 1 is 1.53 bits per heavy atom. The summed E-state index contributed by atoms with van der Waals surface area (Å²) in [6, 6.07) is 3.40. The van der Waals surface area contributed by atoms with Crippen LogP contribution in [0.25, 0.3) is 0 Å². The number of carbonyl (C=O) groups is 1. The van der Waals surface area contributed by atoms with Crippen LogP contribution in [0.2, 0.25) is 0 Å².